The molecule has 8 nitrogen and oxygen atoms in total. The van der Waals surface area contributed by atoms with Crippen LogP contribution in [0.2, 0.25) is 0 Å². The Hall–Kier alpha value is -3.26. The minimum Gasteiger partial charge on any atom is -0.391 e. The maximum atomic E-state index is 13.0. The molecule has 1 saturated carbocycles. The molecular formula is C22H24N6O2. The van der Waals surface area contributed by atoms with Gasteiger partial charge in [-0.15, -0.1) is 0 Å². The molecule has 0 bridgehead atoms. The van der Waals surface area contributed by atoms with Gasteiger partial charge in [0.25, 0.3) is 5.91 Å². The van der Waals surface area contributed by atoms with Crippen LogP contribution in [0.5, 0.6) is 0 Å². The van der Waals surface area contributed by atoms with Gasteiger partial charge in [-0.1, -0.05) is 0 Å². The monoisotopic (exact) mass is 404 g/mol. The number of rotatable bonds is 4. The fraction of sp³-hybridized carbons (Fsp3) is 0.364. The highest BCUT2D eigenvalue weighted by atomic mass is 16.3. The summed E-state index contributed by atoms with van der Waals surface area (Å²) in [6.07, 6.45) is 9.56. The molecule has 30 heavy (non-hydrogen) atoms. The van der Waals surface area contributed by atoms with Gasteiger partial charge in [-0.05, 0) is 55.0 Å². The largest absolute Gasteiger partial charge is 0.391 e. The number of hydrogen-bond donors (Lipinski definition) is 2. The Kier molecular flexibility index (Phi) is 4.92. The molecule has 3 aromatic rings. The molecule has 1 saturated heterocycles. The molecular weight excluding hydrogens is 380 g/mol. The minimum absolute atomic E-state index is 0.0457. The average Bonchev–Trinajstić information content (AvgIpc) is 3.44. The van der Waals surface area contributed by atoms with Crippen LogP contribution in [0.25, 0.3) is 5.69 Å². The van der Waals surface area contributed by atoms with Crippen molar-refractivity contribution < 1.29 is 9.90 Å². The van der Waals surface area contributed by atoms with Crippen LogP contribution in [0.1, 0.15) is 23.2 Å². The Morgan fingerprint density at radius 2 is 1.87 bits per heavy atom. The quantitative estimate of drug-likeness (QED) is 0.690. The number of aliphatic hydroxyl groups excluding tert-OH is 1. The number of anilines is 1. The van der Waals surface area contributed by atoms with Crippen molar-refractivity contribution in [3.63, 3.8) is 0 Å². The fourth-order valence-electron chi connectivity index (χ4n) is 4.68. The number of amides is 1. The lowest BCUT2D eigenvalue weighted by atomic mass is 9.77. The number of likely N-dealkylation sites (tertiary alicyclic amines) is 1. The Morgan fingerprint density at radius 3 is 2.57 bits per heavy atom. The zero-order chi connectivity index (χ0) is 20.5. The molecule has 0 spiro atoms. The summed E-state index contributed by atoms with van der Waals surface area (Å²) in [6, 6.07) is 9.32. The highest BCUT2D eigenvalue weighted by Crippen LogP contribution is 2.38. The van der Waals surface area contributed by atoms with E-state index in [-0.39, 0.29) is 11.9 Å². The molecule has 1 amide bonds. The van der Waals surface area contributed by atoms with E-state index < -0.39 is 6.10 Å². The highest BCUT2D eigenvalue weighted by molar-refractivity contribution is 5.94. The van der Waals surface area contributed by atoms with Gasteiger partial charge in [0.2, 0.25) is 0 Å². The Labute approximate surface area is 174 Å². The zero-order valence-corrected chi connectivity index (χ0v) is 16.5. The van der Waals surface area contributed by atoms with Gasteiger partial charge in [0.05, 0.1) is 24.0 Å². The first-order valence-electron chi connectivity index (χ1n) is 10.3. The van der Waals surface area contributed by atoms with Crippen molar-refractivity contribution in [2.24, 2.45) is 11.8 Å². The highest BCUT2D eigenvalue weighted by Gasteiger charge is 2.43. The van der Waals surface area contributed by atoms with E-state index in [4.69, 9.17) is 0 Å². The third-order valence-electron chi connectivity index (χ3n) is 6.21. The van der Waals surface area contributed by atoms with Crippen LogP contribution in [-0.4, -0.2) is 60.9 Å². The standard InChI is InChI=1S/C22H24N6O2/c29-20-11-17-14-27(13-16(17)10-19(20)26-21-12-23-7-8-24-21)22(30)15-2-4-18(5-3-15)28-9-1-6-25-28/h1-9,12,16-17,19-20,29H,10-11,13-14H2,(H,24,26)/t16-,17+,19-,20-/m1/s1. The second-order valence-electron chi connectivity index (χ2n) is 8.11. The molecule has 3 heterocycles. The van der Waals surface area contributed by atoms with Crippen LogP contribution >= 0.6 is 0 Å². The first-order chi connectivity index (χ1) is 14.7. The van der Waals surface area contributed by atoms with E-state index in [0.717, 1.165) is 18.7 Å². The number of nitrogens with zero attached hydrogens (tertiary/aromatic N) is 5. The van der Waals surface area contributed by atoms with E-state index in [2.05, 4.69) is 20.4 Å². The van der Waals surface area contributed by atoms with E-state index in [0.29, 0.717) is 36.2 Å². The average molecular weight is 404 g/mol. The summed E-state index contributed by atoms with van der Waals surface area (Å²) in [6.45, 7) is 1.41. The maximum absolute atomic E-state index is 13.0. The lowest BCUT2D eigenvalue weighted by Gasteiger charge is -2.35. The minimum atomic E-state index is -0.461. The van der Waals surface area contributed by atoms with E-state index in [1.807, 2.05) is 41.4 Å². The van der Waals surface area contributed by atoms with Gasteiger partial charge in [0.15, 0.2) is 0 Å². The van der Waals surface area contributed by atoms with Crippen LogP contribution in [0.4, 0.5) is 5.82 Å². The number of benzene rings is 1. The first-order valence-corrected chi connectivity index (χ1v) is 10.3. The van der Waals surface area contributed by atoms with E-state index in [1.165, 1.54) is 0 Å². The van der Waals surface area contributed by atoms with Crippen molar-refractivity contribution in [1.82, 2.24) is 24.6 Å². The van der Waals surface area contributed by atoms with Gasteiger partial charge in [-0.2, -0.15) is 5.10 Å². The molecule has 1 aliphatic heterocycles. The second-order valence-corrected chi connectivity index (χ2v) is 8.11. The van der Waals surface area contributed by atoms with E-state index >= 15 is 0 Å². The third-order valence-corrected chi connectivity index (χ3v) is 6.21. The summed E-state index contributed by atoms with van der Waals surface area (Å²) < 4.78 is 1.77. The molecule has 0 unspecified atom stereocenters. The van der Waals surface area contributed by atoms with E-state index in [9.17, 15) is 9.90 Å². The molecule has 4 atom stereocenters. The van der Waals surface area contributed by atoms with Crippen molar-refractivity contribution in [3.8, 4) is 5.69 Å². The lowest BCUT2D eigenvalue weighted by molar-refractivity contribution is 0.0727. The van der Waals surface area contributed by atoms with Gasteiger partial charge in [0, 0.05) is 43.4 Å². The number of carbonyl (C=O) groups is 1. The van der Waals surface area contributed by atoms with Crippen LogP contribution in [0, 0.1) is 11.8 Å². The van der Waals surface area contributed by atoms with Crippen LogP contribution in [0.3, 0.4) is 0 Å². The predicted molar refractivity (Wildman–Crippen MR) is 111 cm³/mol. The topological polar surface area (TPSA) is 96.2 Å². The number of fused-ring (bicyclic) bond motifs is 1. The Balaban J connectivity index is 1.24. The van der Waals surface area contributed by atoms with Crippen molar-refractivity contribution in [3.05, 3.63) is 66.9 Å². The van der Waals surface area contributed by atoms with Gasteiger partial charge in [-0.25, -0.2) is 9.67 Å². The van der Waals surface area contributed by atoms with Crippen molar-refractivity contribution in [1.29, 1.82) is 0 Å². The van der Waals surface area contributed by atoms with E-state index in [1.54, 1.807) is 29.5 Å². The smallest absolute Gasteiger partial charge is 0.253 e. The summed E-state index contributed by atoms with van der Waals surface area (Å²) in [7, 11) is 0. The molecule has 8 heteroatoms. The summed E-state index contributed by atoms with van der Waals surface area (Å²) in [5.41, 5.74) is 1.60. The molecule has 1 aromatic carbocycles. The molecule has 2 fully saturated rings. The van der Waals surface area contributed by atoms with Crippen molar-refractivity contribution >= 4 is 11.7 Å². The van der Waals surface area contributed by atoms with Gasteiger partial charge in [0.1, 0.15) is 5.82 Å². The molecule has 154 valence electrons. The fourth-order valence-corrected chi connectivity index (χ4v) is 4.68. The maximum Gasteiger partial charge on any atom is 0.253 e. The Bertz CT molecular complexity index is 992. The van der Waals surface area contributed by atoms with Gasteiger partial charge >= 0.3 is 0 Å². The zero-order valence-electron chi connectivity index (χ0n) is 16.5. The number of hydrogen-bond acceptors (Lipinski definition) is 6. The van der Waals surface area contributed by atoms with Crippen LogP contribution in [0.15, 0.2) is 61.3 Å². The molecule has 0 radical (unpaired) electrons. The van der Waals surface area contributed by atoms with Crippen molar-refractivity contribution in [2.75, 3.05) is 18.4 Å². The summed E-state index contributed by atoms with van der Waals surface area (Å²) in [5.74, 6) is 1.41. The van der Waals surface area contributed by atoms with Crippen LogP contribution in [-0.2, 0) is 0 Å². The van der Waals surface area contributed by atoms with Crippen LogP contribution < -0.4 is 5.32 Å². The molecule has 2 aromatic heterocycles. The molecule has 2 aliphatic rings. The number of aliphatic hydroxyl groups is 1. The number of nitrogens with one attached hydrogen (secondary N) is 1. The SMILES string of the molecule is O=C(c1ccc(-n2cccn2)cc1)N1C[C@H]2C[C@@H](Nc3cnccn3)[C@H](O)C[C@H]2C1. The first kappa shape index (κ1) is 18.7. The summed E-state index contributed by atoms with van der Waals surface area (Å²) in [4.78, 5) is 23.3. The predicted octanol–water partition coefficient (Wildman–Crippen LogP) is 1.99. The lowest BCUT2D eigenvalue weighted by Crippen LogP contribution is -2.43. The normalized spacial score (nSPS) is 25.7. The summed E-state index contributed by atoms with van der Waals surface area (Å²) in [5, 5.41) is 18.1. The third kappa shape index (κ3) is 3.66. The summed E-state index contributed by atoms with van der Waals surface area (Å²) >= 11 is 0. The molecule has 5 rings (SSSR count). The van der Waals surface area contributed by atoms with Crippen molar-refractivity contribution in [2.45, 2.75) is 25.0 Å². The number of aromatic nitrogens is 4. The second kappa shape index (κ2) is 7.87. The number of carbonyl (C=O) groups excluding carboxylic acids is 1. The van der Waals surface area contributed by atoms with Gasteiger partial charge in [-0.3, -0.25) is 9.78 Å². The van der Waals surface area contributed by atoms with Gasteiger partial charge < -0.3 is 15.3 Å². The molecule has 1 aliphatic carbocycles. The Morgan fingerprint density at radius 1 is 1.07 bits per heavy atom. The molecule has 2 N–H and O–H groups in total.